The summed E-state index contributed by atoms with van der Waals surface area (Å²) in [5.41, 5.74) is 1.76. The van der Waals surface area contributed by atoms with Crippen LogP contribution in [0.5, 0.6) is 11.5 Å². The molecule has 5 rings (SSSR count). The van der Waals surface area contributed by atoms with Gasteiger partial charge in [-0.3, -0.25) is 0 Å². The molecule has 0 bridgehead atoms. The third-order valence-electron chi connectivity index (χ3n) is 8.79. The van der Waals surface area contributed by atoms with E-state index in [1.165, 1.54) is 44.9 Å². The molecule has 1 fully saturated rings. The summed E-state index contributed by atoms with van der Waals surface area (Å²) in [7, 11) is 0. The maximum Gasteiger partial charge on any atom is 0.329 e. The van der Waals surface area contributed by atoms with Crippen molar-refractivity contribution >= 4 is 0 Å². The lowest BCUT2D eigenvalue weighted by molar-refractivity contribution is -0.0818. The van der Waals surface area contributed by atoms with Gasteiger partial charge in [-0.05, 0) is 67.9 Å². The van der Waals surface area contributed by atoms with E-state index in [4.69, 9.17) is 14.2 Å². The average molecular weight is 622 g/mol. The zero-order valence-electron chi connectivity index (χ0n) is 26.8. The minimum atomic E-state index is -3.14. The molecule has 244 valence electrons. The number of ether oxygens (including phenoxy) is 3. The van der Waals surface area contributed by atoms with Crippen LogP contribution in [-0.2, 0) is 10.7 Å². The average Bonchev–Trinajstić information content (AvgIpc) is 3.85. The summed E-state index contributed by atoms with van der Waals surface area (Å²) in [6.07, 6.45) is 18.8. The van der Waals surface area contributed by atoms with Crippen LogP contribution in [0.1, 0.15) is 109 Å². The summed E-state index contributed by atoms with van der Waals surface area (Å²) in [4.78, 5) is 13.2. The third kappa shape index (κ3) is 9.93. The molecule has 0 radical (unpaired) electrons. The summed E-state index contributed by atoms with van der Waals surface area (Å²) in [6, 6.07) is 11.0. The molecule has 1 aliphatic heterocycles. The Morgan fingerprint density at radius 1 is 0.756 bits per heavy atom. The highest BCUT2D eigenvalue weighted by Crippen LogP contribution is 2.46. The van der Waals surface area contributed by atoms with E-state index in [2.05, 4.69) is 21.9 Å². The summed E-state index contributed by atoms with van der Waals surface area (Å²) in [6.45, 7) is 4.41. The van der Waals surface area contributed by atoms with Gasteiger partial charge in [0, 0.05) is 31.2 Å². The van der Waals surface area contributed by atoms with Crippen molar-refractivity contribution in [1.29, 1.82) is 0 Å². The molecule has 0 spiro atoms. The van der Waals surface area contributed by atoms with Crippen molar-refractivity contribution in [2.75, 3.05) is 19.8 Å². The Hall–Kier alpha value is -3.13. The number of aromatic nitrogens is 3. The van der Waals surface area contributed by atoms with E-state index < -0.39 is 12.0 Å². The van der Waals surface area contributed by atoms with E-state index in [-0.39, 0.29) is 11.4 Å². The second-order valence-electron chi connectivity index (χ2n) is 12.6. The fraction of sp³-hybridized carbons (Fsp3) is 0.595. The number of halogens is 2. The zero-order chi connectivity index (χ0) is 31.3. The standard InChI is InChI=1S/C37H49F2N3O3/c1-2-3-23-43-24-11-12-25-44-31-19-17-29(18-20-31)30-26-40-36(41-27-30)32-21-22-33-35(42-32)37(38,39)34(45-33)14-10-8-6-4-5-7-9-13-28-15-16-28/h17-22,26-28,34H,2-16,23-25H2,1H3. The molecule has 0 N–H and O–H groups in total. The second-order valence-corrected chi connectivity index (χ2v) is 12.6. The van der Waals surface area contributed by atoms with Gasteiger partial charge in [0.2, 0.25) is 0 Å². The fourth-order valence-corrected chi connectivity index (χ4v) is 5.78. The van der Waals surface area contributed by atoms with E-state index in [1.807, 2.05) is 24.3 Å². The molecular formula is C37H49F2N3O3. The topological polar surface area (TPSA) is 66.4 Å². The number of hydrogen-bond donors (Lipinski definition) is 0. The first-order valence-corrected chi connectivity index (χ1v) is 17.2. The van der Waals surface area contributed by atoms with Gasteiger partial charge in [-0.25, -0.2) is 15.0 Å². The van der Waals surface area contributed by atoms with Crippen molar-refractivity contribution in [3.05, 3.63) is 54.5 Å². The number of pyridine rings is 1. The Labute approximate surface area is 267 Å². The maximum atomic E-state index is 15.3. The largest absolute Gasteiger partial charge is 0.494 e. The fourth-order valence-electron chi connectivity index (χ4n) is 5.78. The Bertz CT molecular complexity index is 1300. The van der Waals surface area contributed by atoms with Crippen LogP contribution >= 0.6 is 0 Å². The van der Waals surface area contributed by atoms with Crippen molar-refractivity contribution in [2.45, 2.75) is 115 Å². The molecule has 1 atom stereocenters. The highest BCUT2D eigenvalue weighted by Gasteiger charge is 2.52. The summed E-state index contributed by atoms with van der Waals surface area (Å²) >= 11 is 0. The summed E-state index contributed by atoms with van der Waals surface area (Å²) in [5, 5.41) is 0. The normalized spacial score (nSPS) is 16.8. The predicted molar refractivity (Wildman–Crippen MR) is 174 cm³/mol. The van der Waals surface area contributed by atoms with Gasteiger partial charge < -0.3 is 14.2 Å². The maximum absolute atomic E-state index is 15.3. The minimum absolute atomic E-state index is 0.156. The van der Waals surface area contributed by atoms with Gasteiger partial charge in [0.25, 0.3) is 0 Å². The number of nitrogens with zero attached hydrogens (tertiary/aromatic N) is 3. The van der Waals surface area contributed by atoms with Crippen LogP contribution in [0.3, 0.4) is 0 Å². The quantitative estimate of drug-likeness (QED) is 0.110. The van der Waals surface area contributed by atoms with Gasteiger partial charge in [0.15, 0.2) is 17.6 Å². The number of unbranched alkanes of at least 4 members (excludes halogenated alkanes) is 8. The number of fused-ring (bicyclic) bond motifs is 1. The third-order valence-corrected chi connectivity index (χ3v) is 8.79. The van der Waals surface area contributed by atoms with E-state index in [9.17, 15) is 0 Å². The molecular weight excluding hydrogens is 572 g/mol. The van der Waals surface area contributed by atoms with Gasteiger partial charge in [-0.1, -0.05) is 83.3 Å². The first-order valence-electron chi connectivity index (χ1n) is 17.2. The van der Waals surface area contributed by atoms with E-state index in [0.717, 1.165) is 81.0 Å². The Morgan fingerprint density at radius 3 is 2.13 bits per heavy atom. The van der Waals surface area contributed by atoms with Crippen LogP contribution in [0.15, 0.2) is 48.8 Å². The van der Waals surface area contributed by atoms with Crippen molar-refractivity contribution < 1.29 is 23.0 Å². The minimum Gasteiger partial charge on any atom is -0.494 e. The van der Waals surface area contributed by atoms with Gasteiger partial charge in [-0.15, -0.1) is 0 Å². The summed E-state index contributed by atoms with van der Waals surface area (Å²) < 4.78 is 47.8. The first kappa shape index (κ1) is 33.2. The SMILES string of the molecule is CCCCOCCCCOc1ccc(-c2cnc(-c3ccc4c(n3)C(F)(F)C(CCCCCCCCCC3CC3)O4)nc2)cc1. The molecule has 3 heterocycles. The van der Waals surface area contributed by atoms with Crippen molar-refractivity contribution in [1.82, 2.24) is 15.0 Å². The molecule has 1 saturated carbocycles. The number of alkyl halides is 2. The van der Waals surface area contributed by atoms with Crippen molar-refractivity contribution in [2.24, 2.45) is 5.92 Å². The molecule has 1 aliphatic carbocycles. The van der Waals surface area contributed by atoms with Crippen LogP contribution < -0.4 is 9.47 Å². The Morgan fingerprint density at radius 2 is 1.42 bits per heavy atom. The molecule has 6 nitrogen and oxygen atoms in total. The molecule has 0 saturated heterocycles. The van der Waals surface area contributed by atoms with E-state index in [0.29, 0.717) is 24.5 Å². The van der Waals surface area contributed by atoms with Crippen LogP contribution in [0, 0.1) is 5.92 Å². The number of benzene rings is 1. The lowest BCUT2D eigenvalue weighted by atomic mass is 10.0. The highest BCUT2D eigenvalue weighted by molar-refractivity contribution is 5.64. The Balaban J connectivity index is 1.05. The monoisotopic (exact) mass is 621 g/mol. The van der Waals surface area contributed by atoms with Crippen molar-refractivity contribution in [3.63, 3.8) is 0 Å². The second kappa shape index (κ2) is 17.0. The van der Waals surface area contributed by atoms with Gasteiger partial charge in [-0.2, -0.15) is 8.78 Å². The van der Waals surface area contributed by atoms with Crippen LogP contribution in [0.25, 0.3) is 22.6 Å². The number of hydrogen-bond acceptors (Lipinski definition) is 6. The lowest BCUT2D eigenvalue weighted by Gasteiger charge is -2.17. The number of rotatable bonds is 21. The molecule has 1 unspecified atom stereocenters. The van der Waals surface area contributed by atoms with Crippen LogP contribution in [-0.4, -0.2) is 40.9 Å². The first-order chi connectivity index (χ1) is 22.0. The molecule has 2 aliphatic rings. The molecule has 3 aromatic rings. The Kier molecular flexibility index (Phi) is 12.5. The molecule has 8 heteroatoms. The molecule has 1 aromatic carbocycles. The van der Waals surface area contributed by atoms with Crippen LogP contribution in [0.4, 0.5) is 8.78 Å². The van der Waals surface area contributed by atoms with E-state index >= 15 is 8.78 Å². The highest BCUT2D eigenvalue weighted by atomic mass is 19.3. The smallest absolute Gasteiger partial charge is 0.329 e. The lowest BCUT2D eigenvalue weighted by Crippen LogP contribution is -2.30. The zero-order valence-corrected chi connectivity index (χ0v) is 26.8. The summed E-state index contributed by atoms with van der Waals surface area (Å²) in [5.74, 6) is -0.862. The molecule has 2 aromatic heterocycles. The van der Waals surface area contributed by atoms with Crippen LogP contribution in [0.2, 0.25) is 0 Å². The van der Waals surface area contributed by atoms with Gasteiger partial charge >= 0.3 is 5.92 Å². The van der Waals surface area contributed by atoms with Crippen molar-refractivity contribution in [3.8, 4) is 34.1 Å². The van der Waals surface area contributed by atoms with Gasteiger partial charge in [0.05, 0.1) is 6.61 Å². The molecule has 0 amide bonds. The molecule has 45 heavy (non-hydrogen) atoms. The predicted octanol–water partition coefficient (Wildman–Crippen LogP) is 9.95. The van der Waals surface area contributed by atoms with Gasteiger partial charge in [0.1, 0.15) is 17.2 Å². The van der Waals surface area contributed by atoms with E-state index in [1.54, 1.807) is 24.5 Å².